The van der Waals surface area contributed by atoms with Crippen LogP contribution in [0.25, 0.3) is 0 Å². The highest BCUT2D eigenvalue weighted by Gasteiger charge is 2.37. The van der Waals surface area contributed by atoms with Crippen molar-refractivity contribution in [1.29, 1.82) is 0 Å². The Labute approximate surface area is 206 Å². The van der Waals surface area contributed by atoms with Gasteiger partial charge >= 0.3 is 5.97 Å². The molecule has 0 radical (unpaired) electrons. The van der Waals surface area contributed by atoms with Crippen molar-refractivity contribution in [1.82, 2.24) is 10.6 Å². The molecule has 2 amide bonds. The van der Waals surface area contributed by atoms with Crippen LogP contribution in [0.1, 0.15) is 70.8 Å². The second-order valence-electron chi connectivity index (χ2n) is 10.1. The predicted octanol–water partition coefficient (Wildman–Crippen LogP) is 2.87. The number of carbonyl (C=O) groups is 5. The van der Waals surface area contributed by atoms with Gasteiger partial charge in [-0.15, -0.1) is 0 Å². The van der Waals surface area contributed by atoms with Crippen LogP contribution >= 0.6 is 0 Å². The van der Waals surface area contributed by atoms with Crippen molar-refractivity contribution in [3.63, 3.8) is 0 Å². The average molecular weight is 485 g/mol. The maximum atomic E-state index is 13.2. The molecular formula is C27H36N2O6. The fourth-order valence-corrected chi connectivity index (χ4v) is 4.44. The second-order valence-corrected chi connectivity index (χ2v) is 10.1. The summed E-state index contributed by atoms with van der Waals surface area (Å²) in [6, 6.07) is 8.17. The number of rotatable bonds is 13. The van der Waals surface area contributed by atoms with E-state index in [-0.39, 0.29) is 43.1 Å². The minimum absolute atomic E-state index is 0.00369. The van der Waals surface area contributed by atoms with E-state index in [0.717, 1.165) is 24.8 Å². The van der Waals surface area contributed by atoms with E-state index in [1.807, 2.05) is 44.2 Å². The topological polar surface area (TPSA) is 119 Å². The lowest BCUT2D eigenvalue weighted by Crippen LogP contribution is -2.50. The third-order valence-electron chi connectivity index (χ3n) is 6.50. The van der Waals surface area contributed by atoms with Gasteiger partial charge < -0.3 is 15.4 Å². The van der Waals surface area contributed by atoms with E-state index in [1.165, 1.54) is 0 Å². The number of carbonyl (C=O) groups excluding carboxylic acids is 5. The van der Waals surface area contributed by atoms with E-state index < -0.39 is 35.5 Å². The first-order chi connectivity index (χ1) is 16.7. The molecule has 1 aromatic carbocycles. The lowest BCUT2D eigenvalue weighted by molar-refractivity contribution is -0.148. The van der Waals surface area contributed by atoms with Gasteiger partial charge in [0.1, 0.15) is 12.4 Å². The van der Waals surface area contributed by atoms with Crippen LogP contribution in [0.2, 0.25) is 0 Å². The minimum Gasteiger partial charge on any atom is -0.461 e. The van der Waals surface area contributed by atoms with Crippen molar-refractivity contribution in [3.8, 4) is 0 Å². The summed E-state index contributed by atoms with van der Waals surface area (Å²) < 4.78 is 5.36. The fraction of sp³-hybridized carbons (Fsp3) is 0.593. The van der Waals surface area contributed by atoms with Crippen LogP contribution in [-0.2, 0) is 35.3 Å². The van der Waals surface area contributed by atoms with Crippen molar-refractivity contribution in [2.75, 3.05) is 0 Å². The van der Waals surface area contributed by atoms with Crippen LogP contribution in [0.4, 0.5) is 0 Å². The summed E-state index contributed by atoms with van der Waals surface area (Å²) in [5.74, 6) is -3.32. The molecule has 2 aliphatic carbocycles. The van der Waals surface area contributed by atoms with Gasteiger partial charge in [-0.2, -0.15) is 0 Å². The Bertz CT molecular complexity index is 925. The highest BCUT2D eigenvalue weighted by Crippen LogP contribution is 2.27. The molecule has 2 aliphatic rings. The first-order valence-electron chi connectivity index (χ1n) is 12.6. The molecule has 1 aromatic rings. The Morgan fingerprint density at radius 2 is 1.77 bits per heavy atom. The number of benzene rings is 1. The van der Waals surface area contributed by atoms with E-state index in [4.69, 9.17) is 4.74 Å². The van der Waals surface area contributed by atoms with Gasteiger partial charge in [0.2, 0.25) is 11.7 Å². The zero-order chi connectivity index (χ0) is 25.4. The number of nitrogens with one attached hydrogen (secondary N) is 2. The maximum Gasteiger partial charge on any atom is 0.306 e. The number of amides is 2. The Balaban J connectivity index is 1.65. The van der Waals surface area contributed by atoms with Crippen LogP contribution in [0.5, 0.6) is 0 Å². The van der Waals surface area contributed by atoms with Gasteiger partial charge in [-0.1, -0.05) is 44.2 Å². The Hall–Kier alpha value is -3.03. The molecule has 3 atom stereocenters. The zero-order valence-corrected chi connectivity index (χ0v) is 20.6. The molecule has 0 heterocycles. The van der Waals surface area contributed by atoms with Gasteiger partial charge in [0.15, 0.2) is 0 Å². The molecule has 0 bridgehead atoms. The standard InChI is InChI=1S/C27H36N2O6/c1-17(2)13-20(15-24(31)35-16-18-7-4-3-5-8-18)26(33)29-22(14-19-9-6-10-23(19)30)25(32)27(34)28-21-11-12-21/h3-5,7-8,17,19-22H,6,9-16H2,1-2H3,(H,28,34)(H,29,33)/t19-,20+,22-/m0/s1. The van der Waals surface area contributed by atoms with Crippen LogP contribution in [0, 0.1) is 17.8 Å². The van der Waals surface area contributed by atoms with Gasteiger partial charge in [0.25, 0.3) is 5.91 Å². The molecule has 0 aliphatic heterocycles. The van der Waals surface area contributed by atoms with Crippen molar-refractivity contribution in [2.45, 2.75) is 83.9 Å². The summed E-state index contributed by atoms with van der Waals surface area (Å²) in [5, 5.41) is 5.38. The minimum atomic E-state index is -1.09. The molecule has 0 spiro atoms. The number of hydrogen-bond acceptors (Lipinski definition) is 6. The lowest BCUT2D eigenvalue weighted by atomic mass is 9.91. The summed E-state index contributed by atoms with van der Waals surface area (Å²) >= 11 is 0. The Morgan fingerprint density at radius 3 is 2.37 bits per heavy atom. The van der Waals surface area contributed by atoms with E-state index in [0.29, 0.717) is 19.3 Å². The smallest absolute Gasteiger partial charge is 0.306 e. The molecule has 2 N–H and O–H groups in total. The van der Waals surface area contributed by atoms with Crippen molar-refractivity contribution in [2.24, 2.45) is 17.8 Å². The predicted molar refractivity (Wildman–Crippen MR) is 129 cm³/mol. The van der Waals surface area contributed by atoms with Crippen molar-refractivity contribution < 1.29 is 28.7 Å². The molecule has 0 saturated heterocycles. The Kier molecular flexibility index (Phi) is 9.57. The Morgan fingerprint density at radius 1 is 1.06 bits per heavy atom. The number of ketones is 2. The molecule has 190 valence electrons. The van der Waals surface area contributed by atoms with E-state index in [1.54, 1.807) is 0 Å². The number of hydrogen-bond donors (Lipinski definition) is 2. The molecule has 8 nitrogen and oxygen atoms in total. The van der Waals surface area contributed by atoms with Gasteiger partial charge in [0.05, 0.1) is 12.5 Å². The quantitative estimate of drug-likeness (QED) is 0.328. The second kappa shape index (κ2) is 12.6. The largest absolute Gasteiger partial charge is 0.461 e. The molecule has 0 aromatic heterocycles. The molecule has 2 saturated carbocycles. The molecule has 3 rings (SSSR count). The van der Waals surface area contributed by atoms with Crippen molar-refractivity contribution in [3.05, 3.63) is 35.9 Å². The third kappa shape index (κ3) is 8.60. The van der Waals surface area contributed by atoms with E-state index >= 15 is 0 Å². The summed E-state index contributed by atoms with van der Waals surface area (Å²) in [7, 11) is 0. The first-order valence-corrected chi connectivity index (χ1v) is 12.6. The van der Waals surface area contributed by atoms with Crippen LogP contribution < -0.4 is 10.6 Å². The van der Waals surface area contributed by atoms with Gasteiger partial charge in [-0.25, -0.2) is 0 Å². The highest BCUT2D eigenvalue weighted by atomic mass is 16.5. The summed E-state index contributed by atoms with van der Waals surface area (Å²) in [5.41, 5.74) is 0.847. The molecule has 0 unspecified atom stereocenters. The van der Waals surface area contributed by atoms with Crippen LogP contribution in [0.3, 0.4) is 0 Å². The normalized spacial score (nSPS) is 19.2. The average Bonchev–Trinajstić information content (AvgIpc) is 3.55. The summed E-state index contributed by atoms with van der Waals surface area (Å²) in [6.07, 6.45) is 3.90. The van der Waals surface area contributed by atoms with Crippen LogP contribution in [0.15, 0.2) is 30.3 Å². The SMILES string of the molecule is CC(C)C[C@H](CC(=O)OCc1ccccc1)C(=O)N[C@@H](C[C@@H]1CCCC1=O)C(=O)C(=O)NC1CC1. The molecule has 35 heavy (non-hydrogen) atoms. The molecule has 8 heteroatoms. The maximum absolute atomic E-state index is 13.2. The van der Waals surface area contributed by atoms with Crippen molar-refractivity contribution >= 4 is 29.4 Å². The number of Topliss-reactive ketones (excluding diaryl/α,β-unsaturated/α-hetero) is 2. The summed E-state index contributed by atoms with van der Waals surface area (Å²) in [6.45, 7) is 4.00. The third-order valence-corrected chi connectivity index (χ3v) is 6.50. The van der Waals surface area contributed by atoms with Crippen LogP contribution in [-0.4, -0.2) is 41.4 Å². The van der Waals surface area contributed by atoms with Gasteiger partial charge in [-0.05, 0) is 50.0 Å². The van der Waals surface area contributed by atoms with Gasteiger partial charge in [0, 0.05) is 24.3 Å². The van der Waals surface area contributed by atoms with E-state index in [2.05, 4.69) is 10.6 Å². The summed E-state index contributed by atoms with van der Waals surface area (Å²) in [4.78, 5) is 63.3. The number of ether oxygens (including phenoxy) is 1. The van der Waals surface area contributed by atoms with E-state index in [9.17, 15) is 24.0 Å². The fourth-order valence-electron chi connectivity index (χ4n) is 4.44. The number of esters is 1. The van der Waals surface area contributed by atoms with Gasteiger partial charge in [-0.3, -0.25) is 24.0 Å². The monoisotopic (exact) mass is 484 g/mol. The molecule has 2 fully saturated rings. The highest BCUT2D eigenvalue weighted by molar-refractivity contribution is 6.38. The molecular weight excluding hydrogens is 448 g/mol. The zero-order valence-electron chi connectivity index (χ0n) is 20.6. The lowest BCUT2D eigenvalue weighted by Gasteiger charge is -2.24. The first kappa shape index (κ1) is 26.6.